The molecule has 0 aromatic heterocycles. The average Bonchev–Trinajstić information content (AvgIpc) is 3.32. The Morgan fingerprint density at radius 3 is 2.28 bits per heavy atom. The van der Waals surface area contributed by atoms with Crippen molar-refractivity contribution in [3.8, 4) is 0 Å². The molecular formula is C36H50N4O6S. The molecular weight excluding hydrogens is 616 g/mol. The molecule has 256 valence electrons. The lowest BCUT2D eigenvalue weighted by atomic mass is 9.73. The Morgan fingerprint density at radius 2 is 1.64 bits per heavy atom. The predicted molar refractivity (Wildman–Crippen MR) is 182 cm³/mol. The number of anilines is 1. The molecule has 1 aliphatic heterocycles. The third-order valence-electron chi connectivity index (χ3n) is 10.0. The first-order valence-corrected chi connectivity index (χ1v) is 18.6. The molecule has 2 atom stereocenters. The summed E-state index contributed by atoms with van der Waals surface area (Å²) in [5.74, 6) is -0.0731. The van der Waals surface area contributed by atoms with Crippen molar-refractivity contribution in [3.05, 3.63) is 65.2 Å². The van der Waals surface area contributed by atoms with Crippen molar-refractivity contribution in [2.75, 3.05) is 25.5 Å². The van der Waals surface area contributed by atoms with Crippen LogP contribution >= 0.6 is 0 Å². The molecule has 3 aliphatic rings. The molecule has 2 aromatic carbocycles. The van der Waals surface area contributed by atoms with Crippen LogP contribution in [0.2, 0.25) is 0 Å². The van der Waals surface area contributed by atoms with E-state index in [9.17, 15) is 22.8 Å². The van der Waals surface area contributed by atoms with Crippen LogP contribution in [-0.4, -0.2) is 63.0 Å². The van der Waals surface area contributed by atoms with E-state index >= 15 is 0 Å². The van der Waals surface area contributed by atoms with Crippen LogP contribution in [0.3, 0.4) is 0 Å². The number of ether oxygens (including phenoxy) is 1. The van der Waals surface area contributed by atoms with E-state index in [1.54, 1.807) is 24.3 Å². The Bertz CT molecular complexity index is 1540. The van der Waals surface area contributed by atoms with E-state index in [0.29, 0.717) is 30.8 Å². The third kappa shape index (κ3) is 8.73. The van der Waals surface area contributed by atoms with Crippen LogP contribution in [0.4, 0.5) is 10.5 Å². The van der Waals surface area contributed by atoms with Gasteiger partial charge in [0.2, 0.25) is 21.8 Å². The number of hydrogen-bond acceptors (Lipinski definition) is 6. The third-order valence-corrected chi connectivity index (χ3v) is 11.4. The summed E-state index contributed by atoms with van der Waals surface area (Å²) in [5.41, 5.74) is 2.98. The highest BCUT2D eigenvalue weighted by Crippen LogP contribution is 2.52. The zero-order valence-electron chi connectivity index (χ0n) is 28.1. The van der Waals surface area contributed by atoms with Gasteiger partial charge in [0.15, 0.2) is 0 Å². The summed E-state index contributed by atoms with van der Waals surface area (Å²) in [6.07, 6.45) is 7.35. The molecule has 3 amide bonds. The van der Waals surface area contributed by atoms with Crippen LogP contribution < -0.4 is 15.4 Å². The molecule has 5 rings (SSSR count). The topological polar surface area (TPSA) is 134 Å². The number of benzene rings is 2. The molecule has 0 radical (unpaired) electrons. The van der Waals surface area contributed by atoms with Gasteiger partial charge in [-0.2, -0.15) is 0 Å². The number of rotatable bonds is 9. The molecule has 1 saturated heterocycles. The van der Waals surface area contributed by atoms with Crippen molar-refractivity contribution in [2.45, 2.75) is 107 Å². The fourth-order valence-corrected chi connectivity index (χ4v) is 8.51. The minimum absolute atomic E-state index is 0.0191. The molecule has 3 N–H and O–H groups in total. The van der Waals surface area contributed by atoms with E-state index < -0.39 is 27.8 Å². The molecule has 2 fully saturated rings. The Morgan fingerprint density at radius 1 is 0.979 bits per heavy atom. The SMILES string of the molecule is CNS(=O)(=O)Cc1ccc(NC(=O)CC2CC3(CCN(C(=O)C(NC(=O)OC(C)(C)C)C4CCCCC4)CC3)c3ccccc32)cc1. The Hall–Kier alpha value is -3.44. The van der Waals surface area contributed by atoms with Gasteiger partial charge in [0.1, 0.15) is 11.6 Å². The molecule has 1 heterocycles. The lowest BCUT2D eigenvalue weighted by Gasteiger charge is -2.42. The van der Waals surface area contributed by atoms with Gasteiger partial charge in [-0.1, -0.05) is 55.7 Å². The van der Waals surface area contributed by atoms with E-state index in [-0.39, 0.29) is 34.8 Å². The number of likely N-dealkylation sites (tertiary alicyclic amines) is 1. The Labute approximate surface area is 279 Å². The van der Waals surface area contributed by atoms with E-state index in [2.05, 4.69) is 33.6 Å². The van der Waals surface area contributed by atoms with Crippen LogP contribution in [0.15, 0.2) is 48.5 Å². The van der Waals surface area contributed by atoms with E-state index in [1.807, 2.05) is 31.7 Å². The number of piperidine rings is 1. The van der Waals surface area contributed by atoms with Gasteiger partial charge in [-0.25, -0.2) is 17.9 Å². The summed E-state index contributed by atoms with van der Waals surface area (Å²) < 4.78 is 31.6. The first-order chi connectivity index (χ1) is 22.3. The van der Waals surface area contributed by atoms with Crippen molar-refractivity contribution in [3.63, 3.8) is 0 Å². The van der Waals surface area contributed by atoms with Gasteiger partial charge in [-0.05, 0) is 106 Å². The summed E-state index contributed by atoms with van der Waals surface area (Å²) in [6, 6.07) is 14.7. The number of hydrogen-bond donors (Lipinski definition) is 3. The standard InChI is InChI=1S/C36H50N4O6S/c1-35(2,3)46-34(43)39-32(26-10-6-5-7-11-26)33(42)40-20-18-36(19-21-40)23-27(29-12-8-9-13-30(29)36)22-31(41)38-28-16-14-25(15-17-28)24-47(44,45)37-4/h8-9,12-17,26-27,32,37H,5-7,10-11,18-24H2,1-4H3,(H,38,41)(H,39,43). The zero-order valence-corrected chi connectivity index (χ0v) is 29.0. The highest BCUT2D eigenvalue weighted by Gasteiger charge is 2.47. The van der Waals surface area contributed by atoms with Crippen molar-refractivity contribution < 1.29 is 27.5 Å². The first kappa shape index (κ1) is 34.9. The molecule has 1 saturated carbocycles. The minimum atomic E-state index is -3.38. The molecule has 0 bridgehead atoms. The average molecular weight is 667 g/mol. The number of nitrogens with zero attached hydrogens (tertiary/aromatic N) is 1. The number of fused-ring (bicyclic) bond motifs is 2. The fraction of sp³-hybridized carbons (Fsp3) is 0.583. The number of amides is 3. The summed E-state index contributed by atoms with van der Waals surface area (Å²) in [6.45, 7) is 6.67. The fourth-order valence-electron chi connectivity index (χ4n) is 7.73. The predicted octanol–water partition coefficient (Wildman–Crippen LogP) is 5.59. The lowest BCUT2D eigenvalue weighted by molar-refractivity contribution is -0.137. The second-order valence-corrected chi connectivity index (χ2v) is 16.5. The zero-order chi connectivity index (χ0) is 33.8. The van der Waals surface area contributed by atoms with Crippen LogP contribution in [0, 0.1) is 5.92 Å². The van der Waals surface area contributed by atoms with Gasteiger partial charge in [0.25, 0.3) is 0 Å². The van der Waals surface area contributed by atoms with E-state index in [4.69, 9.17) is 4.74 Å². The molecule has 47 heavy (non-hydrogen) atoms. The van der Waals surface area contributed by atoms with Crippen molar-refractivity contribution in [1.29, 1.82) is 0 Å². The maximum Gasteiger partial charge on any atom is 0.408 e. The number of alkyl carbamates (subject to hydrolysis) is 1. The smallest absolute Gasteiger partial charge is 0.408 e. The van der Waals surface area contributed by atoms with Gasteiger partial charge in [-0.3, -0.25) is 9.59 Å². The van der Waals surface area contributed by atoms with Gasteiger partial charge in [0.05, 0.1) is 5.75 Å². The molecule has 2 unspecified atom stereocenters. The van der Waals surface area contributed by atoms with Gasteiger partial charge < -0.3 is 20.3 Å². The highest BCUT2D eigenvalue weighted by atomic mass is 32.2. The summed E-state index contributed by atoms with van der Waals surface area (Å²) in [7, 11) is -1.99. The maximum absolute atomic E-state index is 14.0. The van der Waals surface area contributed by atoms with Gasteiger partial charge in [-0.15, -0.1) is 0 Å². The quantitative estimate of drug-likeness (QED) is 0.320. The largest absolute Gasteiger partial charge is 0.444 e. The normalized spacial score (nSPS) is 20.3. The summed E-state index contributed by atoms with van der Waals surface area (Å²) in [4.78, 5) is 42.0. The minimum Gasteiger partial charge on any atom is -0.444 e. The molecule has 1 spiro atoms. The Kier molecular flexibility index (Phi) is 10.7. The number of carbonyl (C=O) groups is 3. The first-order valence-electron chi connectivity index (χ1n) is 17.0. The van der Waals surface area contributed by atoms with E-state index in [1.165, 1.54) is 18.2 Å². The van der Waals surface area contributed by atoms with Crippen molar-refractivity contribution in [2.24, 2.45) is 5.92 Å². The molecule has 11 heteroatoms. The highest BCUT2D eigenvalue weighted by molar-refractivity contribution is 7.88. The summed E-state index contributed by atoms with van der Waals surface area (Å²) >= 11 is 0. The van der Waals surface area contributed by atoms with Crippen LogP contribution in [0.1, 0.15) is 101 Å². The van der Waals surface area contributed by atoms with Crippen LogP contribution in [0.5, 0.6) is 0 Å². The maximum atomic E-state index is 14.0. The van der Waals surface area contributed by atoms with Crippen LogP contribution in [0.25, 0.3) is 0 Å². The molecule has 10 nitrogen and oxygen atoms in total. The van der Waals surface area contributed by atoms with Gasteiger partial charge in [0, 0.05) is 25.2 Å². The van der Waals surface area contributed by atoms with Crippen molar-refractivity contribution >= 4 is 33.6 Å². The second kappa shape index (κ2) is 14.4. The van der Waals surface area contributed by atoms with Crippen LogP contribution in [-0.2, 0) is 35.5 Å². The Balaban J connectivity index is 1.23. The van der Waals surface area contributed by atoms with Gasteiger partial charge >= 0.3 is 6.09 Å². The second-order valence-electron chi connectivity index (χ2n) is 14.5. The number of sulfonamides is 1. The van der Waals surface area contributed by atoms with E-state index in [0.717, 1.165) is 51.4 Å². The lowest BCUT2D eigenvalue weighted by Crippen LogP contribution is -2.56. The molecule has 2 aromatic rings. The number of nitrogens with one attached hydrogen (secondary N) is 3. The monoisotopic (exact) mass is 666 g/mol. The molecule has 2 aliphatic carbocycles. The van der Waals surface area contributed by atoms with Crippen molar-refractivity contribution in [1.82, 2.24) is 14.9 Å². The summed E-state index contributed by atoms with van der Waals surface area (Å²) in [5, 5.41) is 5.94. The number of carbonyl (C=O) groups excluding carboxylic acids is 3.